The van der Waals surface area contributed by atoms with E-state index in [0.29, 0.717) is 12.3 Å². The lowest BCUT2D eigenvalue weighted by molar-refractivity contribution is 0.408. The molecule has 6 heteroatoms. The van der Waals surface area contributed by atoms with E-state index in [-0.39, 0.29) is 16.4 Å². The molecule has 1 heterocycles. The van der Waals surface area contributed by atoms with Crippen LogP contribution in [0.15, 0.2) is 29.3 Å². The first-order valence-corrected chi connectivity index (χ1v) is 6.04. The molecule has 0 spiro atoms. The van der Waals surface area contributed by atoms with Crippen LogP contribution in [0.5, 0.6) is 5.75 Å². The minimum Gasteiger partial charge on any atom is -0.496 e. The minimum atomic E-state index is -0.358. The summed E-state index contributed by atoms with van der Waals surface area (Å²) >= 11 is 5.70. The fourth-order valence-electron chi connectivity index (χ4n) is 1.81. The predicted octanol–water partition coefficient (Wildman–Crippen LogP) is 1.84. The Labute approximate surface area is 115 Å². The number of ether oxygens (including phenoxy) is 1. The molecule has 5 nitrogen and oxygen atoms in total. The van der Waals surface area contributed by atoms with Gasteiger partial charge in [0.05, 0.1) is 20.0 Å². The van der Waals surface area contributed by atoms with Crippen LogP contribution in [0.25, 0.3) is 0 Å². The van der Waals surface area contributed by atoms with Crippen molar-refractivity contribution in [3.05, 3.63) is 51.2 Å². The molecule has 1 aromatic heterocycles. The van der Waals surface area contributed by atoms with Gasteiger partial charge in [-0.25, -0.2) is 4.98 Å². The van der Waals surface area contributed by atoms with Crippen LogP contribution >= 0.6 is 11.6 Å². The quantitative estimate of drug-likeness (QED) is 0.871. The number of aromatic nitrogens is 2. The molecule has 2 N–H and O–H groups in total. The summed E-state index contributed by atoms with van der Waals surface area (Å²) in [6.07, 6.45) is 1.38. The van der Waals surface area contributed by atoms with Crippen molar-refractivity contribution in [3.63, 3.8) is 0 Å². The van der Waals surface area contributed by atoms with E-state index in [4.69, 9.17) is 22.1 Å². The van der Waals surface area contributed by atoms with E-state index in [1.165, 1.54) is 10.9 Å². The first-order valence-electron chi connectivity index (χ1n) is 5.67. The second-order valence-corrected chi connectivity index (χ2v) is 4.56. The Morgan fingerprint density at radius 1 is 1.47 bits per heavy atom. The third-order valence-corrected chi connectivity index (χ3v) is 3.10. The van der Waals surface area contributed by atoms with E-state index >= 15 is 0 Å². The first-order chi connectivity index (χ1) is 9.02. The zero-order chi connectivity index (χ0) is 14.0. The molecule has 2 aromatic rings. The predicted molar refractivity (Wildman–Crippen MR) is 74.8 cm³/mol. The maximum atomic E-state index is 12.0. The average Bonchev–Trinajstić information content (AvgIpc) is 2.40. The number of halogens is 1. The number of hydrogen-bond donors (Lipinski definition) is 1. The van der Waals surface area contributed by atoms with Crippen molar-refractivity contribution in [1.29, 1.82) is 0 Å². The van der Waals surface area contributed by atoms with Crippen LogP contribution in [0.4, 0.5) is 5.69 Å². The number of benzene rings is 1. The van der Waals surface area contributed by atoms with E-state index in [1.807, 2.05) is 25.1 Å². The number of nitrogens with zero attached hydrogens (tertiary/aromatic N) is 2. The Kier molecular flexibility index (Phi) is 3.76. The van der Waals surface area contributed by atoms with Gasteiger partial charge in [-0.3, -0.25) is 9.36 Å². The van der Waals surface area contributed by atoms with E-state index in [2.05, 4.69) is 4.98 Å². The Bertz CT molecular complexity index is 667. The van der Waals surface area contributed by atoms with Gasteiger partial charge in [-0.05, 0) is 13.0 Å². The van der Waals surface area contributed by atoms with Crippen LogP contribution < -0.4 is 16.0 Å². The molecular formula is C13H14ClN3O2. The highest BCUT2D eigenvalue weighted by Crippen LogP contribution is 2.20. The summed E-state index contributed by atoms with van der Waals surface area (Å²) in [5.41, 5.74) is 7.14. The van der Waals surface area contributed by atoms with E-state index in [9.17, 15) is 4.79 Å². The van der Waals surface area contributed by atoms with Crippen molar-refractivity contribution in [2.75, 3.05) is 12.8 Å². The highest BCUT2D eigenvalue weighted by atomic mass is 35.5. The van der Waals surface area contributed by atoms with Gasteiger partial charge in [0.2, 0.25) is 0 Å². The molecule has 0 unspecified atom stereocenters. The van der Waals surface area contributed by atoms with Crippen molar-refractivity contribution in [2.24, 2.45) is 0 Å². The molecule has 0 saturated heterocycles. The van der Waals surface area contributed by atoms with Gasteiger partial charge in [0.1, 0.15) is 11.4 Å². The Hall–Kier alpha value is -2.01. The lowest BCUT2D eigenvalue weighted by Crippen LogP contribution is -2.24. The molecule has 1 aromatic carbocycles. The molecule has 0 fully saturated rings. The highest BCUT2D eigenvalue weighted by molar-refractivity contribution is 6.31. The number of nitrogens with two attached hydrogens (primary N) is 1. The third kappa shape index (κ3) is 2.71. The van der Waals surface area contributed by atoms with Crippen LogP contribution in [-0.4, -0.2) is 16.7 Å². The van der Waals surface area contributed by atoms with Gasteiger partial charge in [-0.15, -0.1) is 0 Å². The van der Waals surface area contributed by atoms with Crippen molar-refractivity contribution in [2.45, 2.75) is 13.5 Å². The molecule has 2 rings (SSSR count). The van der Waals surface area contributed by atoms with Crippen LogP contribution in [0.3, 0.4) is 0 Å². The fraction of sp³-hybridized carbons (Fsp3) is 0.231. The summed E-state index contributed by atoms with van der Waals surface area (Å²) < 4.78 is 6.67. The lowest BCUT2D eigenvalue weighted by Gasteiger charge is -2.11. The van der Waals surface area contributed by atoms with Crippen molar-refractivity contribution in [1.82, 2.24) is 9.55 Å². The largest absolute Gasteiger partial charge is 0.496 e. The van der Waals surface area contributed by atoms with Crippen molar-refractivity contribution >= 4 is 17.3 Å². The van der Waals surface area contributed by atoms with Crippen molar-refractivity contribution in [3.8, 4) is 5.75 Å². The van der Waals surface area contributed by atoms with E-state index in [0.717, 1.165) is 11.1 Å². The summed E-state index contributed by atoms with van der Waals surface area (Å²) in [5, 5.41) is 0.0254. The average molecular weight is 280 g/mol. The van der Waals surface area contributed by atoms with Gasteiger partial charge in [-0.2, -0.15) is 0 Å². The summed E-state index contributed by atoms with van der Waals surface area (Å²) in [4.78, 5) is 15.8. The van der Waals surface area contributed by atoms with Gasteiger partial charge in [0, 0.05) is 5.56 Å². The van der Waals surface area contributed by atoms with Gasteiger partial charge in [0.15, 0.2) is 5.15 Å². The second kappa shape index (κ2) is 5.32. The Morgan fingerprint density at radius 2 is 2.21 bits per heavy atom. The zero-order valence-electron chi connectivity index (χ0n) is 10.7. The van der Waals surface area contributed by atoms with Gasteiger partial charge in [-0.1, -0.05) is 29.3 Å². The maximum Gasteiger partial charge on any atom is 0.278 e. The van der Waals surface area contributed by atoms with Gasteiger partial charge < -0.3 is 10.5 Å². The molecule has 0 radical (unpaired) electrons. The first kappa shape index (κ1) is 13.4. The van der Waals surface area contributed by atoms with Crippen LogP contribution in [-0.2, 0) is 6.54 Å². The van der Waals surface area contributed by atoms with Crippen molar-refractivity contribution < 1.29 is 4.74 Å². The van der Waals surface area contributed by atoms with Crippen LogP contribution in [0.2, 0.25) is 5.15 Å². The minimum absolute atomic E-state index is 0.0254. The molecule has 0 saturated carbocycles. The summed E-state index contributed by atoms with van der Waals surface area (Å²) in [7, 11) is 1.59. The van der Waals surface area contributed by atoms with Gasteiger partial charge >= 0.3 is 0 Å². The summed E-state index contributed by atoms with van der Waals surface area (Å²) in [6, 6.07) is 5.76. The molecule has 0 aliphatic heterocycles. The Balaban J connectivity index is 2.44. The van der Waals surface area contributed by atoms with Crippen LogP contribution in [0.1, 0.15) is 11.1 Å². The molecular weight excluding hydrogens is 266 g/mol. The monoisotopic (exact) mass is 279 g/mol. The number of anilines is 1. The lowest BCUT2D eigenvalue weighted by atomic mass is 10.1. The maximum absolute atomic E-state index is 12.0. The summed E-state index contributed by atoms with van der Waals surface area (Å²) in [6.45, 7) is 2.30. The smallest absolute Gasteiger partial charge is 0.278 e. The molecule has 100 valence electrons. The molecule has 0 amide bonds. The standard InChI is InChI=1S/C13H14ClN3O2/c1-8-3-4-10(19-2)9(5-8)6-17-7-16-12(14)11(15)13(17)18/h3-5,7H,6,15H2,1-2H3. The molecule has 0 aliphatic rings. The number of rotatable bonds is 3. The molecule has 0 bridgehead atoms. The fourth-order valence-corrected chi connectivity index (χ4v) is 1.94. The number of hydrogen-bond acceptors (Lipinski definition) is 4. The molecule has 0 atom stereocenters. The molecule has 19 heavy (non-hydrogen) atoms. The second-order valence-electron chi connectivity index (χ2n) is 4.20. The van der Waals surface area contributed by atoms with E-state index < -0.39 is 0 Å². The summed E-state index contributed by atoms with van der Waals surface area (Å²) in [5.74, 6) is 0.714. The third-order valence-electron chi connectivity index (χ3n) is 2.80. The molecule has 0 aliphatic carbocycles. The normalized spacial score (nSPS) is 10.5. The van der Waals surface area contributed by atoms with Crippen LogP contribution in [0, 0.1) is 6.92 Å². The topological polar surface area (TPSA) is 70.1 Å². The number of methoxy groups -OCH3 is 1. The highest BCUT2D eigenvalue weighted by Gasteiger charge is 2.09. The Morgan fingerprint density at radius 3 is 2.89 bits per heavy atom. The van der Waals surface area contributed by atoms with Gasteiger partial charge in [0.25, 0.3) is 5.56 Å². The number of nitrogen functional groups attached to an aromatic ring is 1. The van der Waals surface area contributed by atoms with E-state index in [1.54, 1.807) is 7.11 Å². The number of aryl methyl sites for hydroxylation is 1. The SMILES string of the molecule is COc1ccc(C)cc1Cn1cnc(Cl)c(N)c1=O. The zero-order valence-corrected chi connectivity index (χ0v) is 11.4.